The van der Waals surface area contributed by atoms with E-state index in [4.69, 9.17) is 4.74 Å². The molecule has 0 aromatic carbocycles. The summed E-state index contributed by atoms with van der Waals surface area (Å²) >= 11 is 0. The molecule has 98 valence electrons. The van der Waals surface area contributed by atoms with Crippen LogP contribution in [0.4, 0.5) is 0 Å². The zero-order chi connectivity index (χ0) is 12.5. The fourth-order valence-corrected chi connectivity index (χ4v) is 2.30. The molecular weight excluding hydrogens is 216 g/mol. The van der Waals surface area contributed by atoms with Crippen LogP contribution in [0, 0.1) is 5.92 Å². The van der Waals surface area contributed by atoms with Gasteiger partial charge in [0.1, 0.15) is 11.6 Å². The van der Waals surface area contributed by atoms with Crippen molar-refractivity contribution in [1.29, 1.82) is 0 Å². The summed E-state index contributed by atoms with van der Waals surface area (Å²) in [5, 5.41) is 6.78. The quantitative estimate of drug-likeness (QED) is 0.709. The van der Waals surface area contributed by atoms with Crippen molar-refractivity contribution in [3.63, 3.8) is 0 Å². The molecule has 17 heavy (non-hydrogen) atoms. The van der Waals surface area contributed by atoms with Crippen LogP contribution in [0.5, 0.6) is 0 Å². The van der Waals surface area contributed by atoms with Crippen molar-refractivity contribution < 1.29 is 9.53 Å². The third-order valence-corrected chi connectivity index (χ3v) is 3.31. The Morgan fingerprint density at radius 2 is 1.88 bits per heavy atom. The first kappa shape index (κ1) is 12.8. The molecule has 2 atom stereocenters. The van der Waals surface area contributed by atoms with E-state index in [2.05, 4.69) is 10.6 Å². The summed E-state index contributed by atoms with van der Waals surface area (Å²) in [6.45, 7) is 7.31. The van der Waals surface area contributed by atoms with Gasteiger partial charge < -0.3 is 15.4 Å². The van der Waals surface area contributed by atoms with E-state index in [1.807, 2.05) is 20.8 Å². The highest BCUT2D eigenvalue weighted by molar-refractivity contribution is 5.76. The fourth-order valence-electron chi connectivity index (χ4n) is 2.30. The molecule has 0 spiro atoms. The van der Waals surface area contributed by atoms with Crippen molar-refractivity contribution in [1.82, 2.24) is 10.6 Å². The predicted octanol–water partition coefficient (Wildman–Crippen LogP) is 1.06. The van der Waals surface area contributed by atoms with E-state index < -0.39 is 5.60 Å². The molecule has 1 saturated heterocycles. The molecule has 2 N–H and O–H groups in total. The second-order valence-electron chi connectivity index (χ2n) is 6.18. The molecule has 1 aliphatic heterocycles. The van der Waals surface area contributed by atoms with Gasteiger partial charge >= 0.3 is 5.97 Å². The molecule has 0 amide bonds. The van der Waals surface area contributed by atoms with Crippen LogP contribution in [0.25, 0.3) is 0 Å². The summed E-state index contributed by atoms with van der Waals surface area (Å²) < 4.78 is 5.40. The number of hydrogen-bond acceptors (Lipinski definition) is 4. The van der Waals surface area contributed by atoms with E-state index in [-0.39, 0.29) is 12.0 Å². The second-order valence-corrected chi connectivity index (χ2v) is 6.18. The Labute approximate surface area is 103 Å². The van der Waals surface area contributed by atoms with Gasteiger partial charge in [0.05, 0.1) is 0 Å². The van der Waals surface area contributed by atoms with Crippen molar-refractivity contribution >= 4 is 5.97 Å². The van der Waals surface area contributed by atoms with E-state index in [9.17, 15) is 4.79 Å². The first-order valence-corrected chi connectivity index (χ1v) is 6.65. The van der Waals surface area contributed by atoms with E-state index in [1.54, 1.807) is 0 Å². The summed E-state index contributed by atoms with van der Waals surface area (Å²) in [5.74, 6) is 0.704. The SMILES string of the molecule is CC(C)(C)OC(=O)[C@H]1CN[C@H](C2CC2)CCN1. The van der Waals surface area contributed by atoms with E-state index in [1.165, 1.54) is 12.8 Å². The Hall–Kier alpha value is -0.610. The molecule has 1 aliphatic carbocycles. The Morgan fingerprint density at radius 3 is 2.47 bits per heavy atom. The highest BCUT2D eigenvalue weighted by atomic mass is 16.6. The van der Waals surface area contributed by atoms with Crippen LogP contribution in [-0.4, -0.2) is 36.7 Å². The average Bonchev–Trinajstić information content (AvgIpc) is 3.02. The van der Waals surface area contributed by atoms with Crippen molar-refractivity contribution in [2.24, 2.45) is 5.92 Å². The van der Waals surface area contributed by atoms with Crippen LogP contribution in [0.3, 0.4) is 0 Å². The van der Waals surface area contributed by atoms with Crippen LogP contribution in [0.1, 0.15) is 40.0 Å². The molecule has 0 bridgehead atoms. The van der Waals surface area contributed by atoms with Crippen molar-refractivity contribution in [3.05, 3.63) is 0 Å². The first-order chi connectivity index (χ1) is 7.96. The molecule has 0 unspecified atom stereocenters. The highest BCUT2D eigenvalue weighted by Gasteiger charge is 2.34. The smallest absolute Gasteiger partial charge is 0.324 e. The summed E-state index contributed by atoms with van der Waals surface area (Å²) in [6, 6.07) is 0.396. The lowest BCUT2D eigenvalue weighted by Crippen LogP contribution is -2.46. The molecule has 1 heterocycles. The van der Waals surface area contributed by atoms with E-state index >= 15 is 0 Å². The summed E-state index contributed by atoms with van der Waals surface area (Å²) in [6.07, 6.45) is 3.80. The maximum absolute atomic E-state index is 11.9. The number of nitrogens with one attached hydrogen (secondary N) is 2. The fraction of sp³-hybridized carbons (Fsp3) is 0.923. The van der Waals surface area contributed by atoms with Crippen LogP contribution in [0.15, 0.2) is 0 Å². The van der Waals surface area contributed by atoms with Gasteiger partial charge in [-0.25, -0.2) is 0 Å². The minimum Gasteiger partial charge on any atom is -0.459 e. The Bertz CT molecular complexity index is 282. The summed E-state index contributed by atoms with van der Waals surface area (Å²) in [7, 11) is 0. The zero-order valence-electron chi connectivity index (χ0n) is 11.1. The van der Waals surface area contributed by atoms with Gasteiger partial charge in [0.2, 0.25) is 0 Å². The monoisotopic (exact) mass is 240 g/mol. The highest BCUT2D eigenvalue weighted by Crippen LogP contribution is 2.34. The van der Waals surface area contributed by atoms with Gasteiger partial charge in [0.25, 0.3) is 0 Å². The molecule has 4 heteroatoms. The molecule has 2 rings (SSSR count). The number of hydrogen-bond donors (Lipinski definition) is 2. The van der Waals surface area contributed by atoms with E-state index in [0.29, 0.717) is 12.6 Å². The number of carbonyl (C=O) groups is 1. The number of esters is 1. The third-order valence-electron chi connectivity index (χ3n) is 3.31. The lowest BCUT2D eigenvalue weighted by atomic mass is 10.1. The van der Waals surface area contributed by atoms with Crippen molar-refractivity contribution in [2.75, 3.05) is 13.1 Å². The lowest BCUT2D eigenvalue weighted by molar-refractivity contribution is -0.157. The zero-order valence-corrected chi connectivity index (χ0v) is 11.1. The van der Waals surface area contributed by atoms with Crippen LogP contribution >= 0.6 is 0 Å². The first-order valence-electron chi connectivity index (χ1n) is 6.65. The van der Waals surface area contributed by atoms with Crippen LogP contribution < -0.4 is 10.6 Å². The van der Waals surface area contributed by atoms with Crippen LogP contribution in [-0.2, 0) is 9.53 Å². The third kappa shape index (κ3) is 3.96. The van der Waals surface area contributed by atoms with Gasteiger partial charge in [-0.05, 0) is 52.5 Å². The molecule has 0 radical (unpaired) electrons. The number of rotatable bonds is 2. The lowest BCUT2D eigenvalue weighted by Gasteiger charge is -2.23. The van der Waals surface area contributed by atoms with Crippen molar-refractivity contribution in [3.8, 4) is 0 Å². The second kappa shape index (κ2) is 4.94. The normalized spacial score (nSPS) is 30.8. The average molecular weight is 240 g/mol. The van der Waals surface area contributed by atoms with E-state index in [0.717, 1.165) is 18.9 Å². The molecule has 2 fully saturated rings. The topological polar surface area (TPSA) is 50.4 Å². The maximum Gasteiger partial charge on any atom is 0.324 e. The predicted molar refractivity (Wildman–Crippen MR) is 66.8 cm³/mol. The molecule has 0 aromatic heterocycles. The van der Waals surface area contributed by atoms with Gasteiger partial charge in [-0.2, -0.15) is 0 Å². The minimum atomic E-state index is -0.402. The van der Waals surface area contributed by atoms with Gasteiger partial charge in [0.15, 0.2) is 0 Å². The Kier molecular flexibility index (Phi) is 3.73. The van der Waals surface area contributed by atoms with Gasteiger partial charge in [0, 0.05) is 12.6 Å². The minimum absolute atomic E-state index is 0.138. The van der Waals surface area contributed by atoms with Crippen molar-refractivity contribution in [2.45, 2.75) is 57.7 Å². The summed E-state index contributed by atoms with van der Waals surface area (Å²) in [5.41, 5.74) is -0.402. The molecule has 2 aliphatic rings. The largest absolute Gasteiger partial charge is 0.459 e. The van der Waals surface area contributed by atoms with Gasteiger partial charge in [-0.1, -0.05) is 0 Å². The molecule has 1 saturated carbocycles. The van der Waals surface area contributed by atoms with Gasteiger partial charge in [-0.3, -0.25) is 4.79 Å². The molecule has 4 nitrogen and oxygen atoms in total. The Balaban J connectivity index is 1.83. The maximum atomic E-state index is 11.9. The molecule has 0 aromatic rings. The van der Waals surface area contributed by atoms with Gasteiger partial charge in [-0.15, -0.1) is 0 Å². The number of ether oxygens (including phenoxy) is 1. The summed E-state index contributed by atoms with van der Waals surface area (Å²) in [4.78, 5) is 11.9. The van der Waals surface area contributed by atoms with Crippen LogP contribution in [0.2, 0.25) is 0 Å². The number of carbonyl (C=O) groups excluding carboxylic acids is 1. The standard InChI is InChI=1S/C13H24N2O2/c1-13(2,3)17-12(16)11-8-15-10(6-7-14-11)9-4-5-9/h9-11,14-15H,4-8H2,1-3H3/t10-,11+/m0/s1. The Morgan fingerprint density at radius 1 is 1.18 bits per heavy atom. The molecular formula is C13H24N2O2.